The molecule has 0 aliphatic carbocycles. The fourth-order valence-corrected chi connectivity index (χ4v) is 6.70. The van der Waals surface area contributed by atoms with Crippen molar-refractivity contribution in [2.75, 3.05) is 27.1 Å². The molecule has 4 rings (SSSR count). The predicted octanol–water partition coefficient (Wildman–Crippen LogP) is 6.01. The molecule has 0 heterocycles. The van der Waals surface area contributed by atoms with E-state index in [9.17, 15) is 21.6 Å². The third kappa shape index (κ3) is 7.16. The van der Waals surface area contributed by atoms with Crippen molar-refractivity contribution in [2.24, 2.45) is 0 Å². The van der Waals surface area contributed by atoms with Crippen LogP contribution in [0.1, 0.15) is 5.56 Å². The molecule has 4 aromatic carbocycles. The van der Waals surface area contributed by atoms with Crippen LogP contribution in [0.5, 0.6) is 0 Å². The molecule has 0 bridgehead atoms. The summed E-state index contributed by atoms with van der Waals surface area (Å²) >= 11 is 7.34. The van der Waals surface area contributed by atoms with Crippen molar-refractivity contribution in [3.8, 4) is 0 Å². The van der Waals surface area contributed by atoms with E-state index in [1.165, 1.54) is 48.2 Å². The maximum atomic E-state index is 13.6. The highest BCUT2D eigenvalue weighted by atomic mass is 35.5. The number of carbonyl (C=O) groups is 1. The first kappa shape index (κ1) is 29.5. The molecule has 0 saturated heterocycles. The third-order valence-electron chi connectivity index (χ3n) is 5.80. The fraction of sp³-hybridized carbons (Fsp3) is 0.107. The number of thioether (sulfide) groups is 1. The van der Waals surface area contributed by atoms with Gasteiger partial charge in [-0.2, -0.15) is 0 Å². The van der Waals surface area contributed by atoms with Crippen molar-refractivity contribution in [3.63, 3.8) is 0 Å². The number of rotatable bonds is 10. The molecule has 0 aromatic heterocycles. The quantitative estimate of drug-likeness (QED) is 0.211. The van der Waals surface area contributed by atoms with Crippen LogP contribution in [0.25, 0.3) is 0 Å². The molecule has 0 aliphatic heterocycles. The summed E-state index contributed by atoms with van der Waals surface area (Å²) in [6.45, 7) is 1.39. The number of benzene rings is 4. The lowest BCUT2D eigenvalue weighted by atomic mass is 10.2. The van der Waals surface area contributed by atoms with Crippen LogP contribution < -0.4 is 14.3 Å². The van der Waals surface area contributed by atoms with Gasteiger partial charge in [0.1, 0.15) is 6.54 Å². The lowest BCUT2D eigenvalue weighted by Crippen LogP contribution is -2.38. The molecule has 12 heteroatoms. The van der Waals surface area contributed by atoms with Crippen molar-refractivity contribution in [2.45, 2.75) is 21.6 Å². The molecule has 40 heavy (non-hydrogen) atoms. The molecule has 0 saturated carbocycles. The average molecular weight is 616 g/mol. The lowest BCUT2D eigenvalue weighted by Gasteiger charge is -2.24. The third-order valence-corrected chi connectivity index (χ3v) is 9.98. The summed E-state index contributed by atoms with van der Waals surface area (Å²) in [5, 5.41) is 3.13. The molecule has 2 N–H and O–H groups in total. The van der Waals surface area contributed by atoms with Gasteiger partial charge in [0.15, 0.2) is 0 Å². The van der Waals surface area contributed by atoms with Crippen LogP contribution >= 0.6 is 23.4 Å². The number of halogens is 1. The predicted molar refractivity (Wildman–Crippen MR) is 161 cm³/mol. The molecule has 0 unspecified atom stereocenters. The van der Waals surface area contributed by atoms with Gasteiger partial charge in [0, 0.05) is 21.3 Å². The van der Waals surface area contributed by atoms with E-state index >= 15 is 0 Å². The minimum absolute atomic E-state index is 0.0157. The van der Waals surface area contributed by atoms with Crippen LogP contribution in [-0.4, -0.2) is 35.5 Å². The molecule has 0 aliphatic rings. The number of aryl methyl sites for hydroxylation is 1. The minimum atomic E-state index is -4.07. The van der Waals surface area contributed by atoms with E-state index in [-0.39, 0.29) is 9.79 Å². The van der Waals surface area contributed by atoms with E-state index in [0.717, 1.165) is 14.8 Å². The van der Waals surface area contributed by atoms with Gasteiger partial charge in [-0.05, 0) is 98.1 Å². The van der Waals surface area contributed by atoms with E-state index in [1.807, 2.05) is 13.2 Å². The Hall–Kier alpha value is -3.51. The van der Waals surface area contributed by atoms with Crippen molar-refractivity contribution < 1.29 is 21.6 Å². The van der Waals surface area contributed by atoms with Crippen molar-refractivity contribution in [1.29, 1.82) is 0 Å². The normalized spacial score (nSPS) is 11.6. The number of carbonyl (C=O) groups excluding carboxylic acids is 1. The zero-order valence-electron chi connectivity index (χ0n) is 21.5. The highest BCUT2D eigenvalue weighted by molar-refractivity contribution is 7.98. The van der Waals surface area contributed by atoms with Crippen LogP contribution in [-0.2, 0) is 24.8 Å². The summed E-state index contributed by atoms with van der Waals surface area (Å²) in [5.41, 5.74) is 1.93. The Bertz CT molecular complexity index is 1690. The summed E-state index contributed by atoms with van der Waals surface area (Å²) in [6.07, 6.45) is 1.89. The van der Waals surface area contributed by atoms with E-state index in [2.05, 4.69) is 10.0 Å². The smallest absolute Gasteiger partial charge is 0.264 e. The Balaban J connectivity index is 1.52. The molecule has 0 atom stereocenters. The number of anilines is 3. The van der Waals surface area contributed by atoms with E-state index in [0.29, 0.717) is 22.1 Å². The van der Waals surface area contributed by atoms with Crippen LogP contribution in [0.15, 0.2) is 112 Å². The topological polar surface area (TPSA) is 113 Å². The number of sulfonamides is 2. The molecule has 0 spiro atoms. The van der Waals surface area contributed by atoms with Gasteiger partial charge in [-0.25, -0.2) is 16.8 Å². The molecule has 1 amide bonds. The highest BCUT2D eigenvalue weighted by Crippen LogP contribution is 2.26. The number of amides is 1. The van der Waals surface area contributed by atoms with Gasteiger partial charge in [0.2, 0.25) is 5.91 Å². The minimum Gasteiger partial charge on any atom is -0.325 e. The first-order chi connectivity index (χ1) is 19.0. The molecular formula is C28H26ClN3O5S3. The summed E-state index contributed by atoms with van der Waals surface area (Å²) in [5.74, 6) is -0.597. The molecular weight excluding hydrogens is 590 g/mol. The number of hydrogen-bond acceptors (Lipinski definition) is 6. The van der Waals surface area contributed by atoms with Crippen LogP contribution in [0.4, 0.5) is 17.1 Å². The summed E-state index contributed by atoms with van der Waals surface area (Å²) in [4.78, 5) is 14.0. The summed E-state index contributed by atoms with van der Waals surface area (Å²) in [7, 11) is -7.95. The second-order valence-electron chi connectivity index (χ2n) is 8.71. The van der Waals surface area contributed by atoms with Gasteiger partial charge < -0.3 is 5.32 Å². The van der Waals surface area contributed by atoms with Crippen LogP contribution in [0, 0.1) is 6.92 Å². The van der Waals surface area contributed by atoms with E-state index in [4.69, 9.17) is 11.6 Å². The monoisotopic (exact) mass is 615 g/mol. The lowest BCUT2D eigenvalue weighted by molar-refractivity contribution is -0.114. The number of nitrogens with zero attached hydrogens (tertiary/aromatic N) is 1. The van der Waals surface area contributed by atoms with Crippen molar-refractivity contribution in [1.82, 2.24) is 0 Å². The van der Waals surface area contributed by atoms with Crippen LogP contribution in [0.3, 0.4) is 0 Å². The highest BCUT2D eigenvalue weighted by Gasteiger charge is 2.27. The second kappa shape index (κ2) is 12.3. The summed E-state index contributed by atoms with van der Waals surface area (Å²) < 4.78 is 56.1. The van der Waals surface area contributed by atoms with E-state index in [1.54, 1.807) is 60.7 Å². The Labute approximate surface area is 243 Å². The number of hydrogen-bond donors (Lipinski definition) is 2. The van der Waals surface area contributed by atoms with E-state index < -0.39 is 32.5 Å². The molecule has 0 fully saturated rings. The Morgan fingerprint density at radius 2 is 1.32 bits per heavy atom. The molecule has 208 valence electrons. The van der Waals surface area contributed by atoms with Gasteiger partial charge in [-0.1, -0.05) is 29.3 Å². The largest absolute Gasteiger partial charge is 0.325 e. The zero-order valence-corrected chi connectivity index (χ0v) is 24.7. The van der Waals surface area contributed by atoms with Crippen molar-refractivity contribution >= 4 is 66.4 Å². The fourth-order valence-electron chi connectivity index (χ4n) is 3.68. The van der Waals surface area contributed by atoms with Crippen LogP contribution in [0.2, 0.25) is 5.02 Å². The maximum absolute atomic E-state index is 13.6. The second-order valence-corrected chi connectivity index (χ2v) is 13.6. The standard InChI is InChI=1S/C28H26ClN3O5S3/c1-20-3-11-24(12-4-20)32(40(36,37)27-17-13-25(38-2)14-18-27)19-28(33)30-22-9-15-26(16-10-22)39(34,35)31-23-7-5-21(29)6-8-23/h3-18,31H,19H2,1-2H3,(H,30,33). The Morgan fingerprint density at radius 3 is 1.90 bits per heavy atom. The van der Waals surface area contributed by atoms with Gasteiger partial charge >= 0.3 is 0 Å². The molecule has 8 nitrogen and oxygen atoms in total. The summed E-state index contributed by atoms with van der Waals surface area (Å²) in [6, 6.07) is 25.0. The SMILES string of the molecule is CSc1ccc(S(=O)(=O)N(CC(=O)Nc2ccc(S(=O)(=O)Nc3ccc(Cl)cc3)cc2)c2ccc(C)cc2)cc1. The Morgan fingerprint density at radius 1 is 0.775 bits per heavy atom. The first-order valence-electron chi connectivity index (χ1n) is 11.9. The van der Waals surface area contributed by atoms with Gasteiger partial charge in [0.05, 0.1) is 15.5 Å². The van der Waals surface area contributed by atoms with Gasteiger partial charge in [-0.3, -0.25) is 13.8 Å². The number of nitrogens with one attached hydrogen (secondary N) is 2. The van der Waals surface area contributed by atoms with Crippen molar-refractivity contribution in [3.05, 3.63) is 108 Å². The molecule has 0 radical (unpaired) electrons. The molecule has 4 aromatic rings. The first-order valence-corrected chi connectivity index (χ1v) is 16.4. The zero-order chi connectivity index (χ0) is 28.9. The Kier molecular flexibility index (Phi) is 9.09. The average Bonchev–Trinajstić information content (AvgIpc) is 2.94. The maximum Gasteiger partial charge on any atom is 0.264 e. The van der Waals surface area contributed by atoms with Gasteiger partial charge in [0.25, 0.3) is 20.0 Å². The van der Waals surface area contributed by atoms with Gasteiger partial charge in [-0.15, -0.1) is 11.8 Å².